The van der Waals surface area contributed by atoms with Crippen molar-refractivity contribution in [2.24, 2.45) is 5.92 Å². The van der Waals surface area contributed by atoms with Gasteiger partial charge in [0.25, 0.3) is 0 Å². The topological polar surface area (TPSA) is 42.7 Å². The van der Waals surface area contributed by atoms with Crippen LogP contribution >= 0.6 is 0 Å². The van der Waals surface area contributed by atoms with Crippen molar-refractivity contribution in [2.45, 2.75) is 25.7 Å². The maximum Gasteiger partial charge on any atom is 0.0858 e. The zero-order valence-corrected chi connectivity index (χ0v) is 10.4. The molecule has 1 aromatic heterocycles. The monoisotopic (exact) mass is 242 g/mol. The Morgan fingerprint density at radius 1 is 1.06 bits per heavy atom. The lowest BCUT2D eigenvalue weighted by molar-refractivity contribution is 0.580. The summed E-state index contributed by atoms with van der Waals surface area (Å²) in [6.45, 7) is 1.10. The predicted molar refractivity (Wildman–Crippen MR) is 71.8 cm³/mol. The number of nitrogens with one attached hydrogen (secondary N) is 1. The van der Waals surface area contributed by atoms with Gasteiger partial charge in [-0.25, -0.2) is 0 Å². The van der Waals surface area contributed by atoms with Crippen LogP contribution in [0.1, 0.15) is 25.7 Å². The molecule has 4 heteroatoms. The molecule has 0 amide bonds. The van der Waals surface area contributed by atoms with E-state index in [1.54, 1.807) is 17.2 Å². The maximum atomic E-state index is 4.11. The Kier molecular flexibility index (Phi) is 3.26. The number of hydrogen-bond donors (Lipinski definition) is 1. The highest BCUT2D eigenvalue weighted by Crippen LogP contribution is 2.25. The first-order valence-electron chi connectivity index (χ1n) is 6.62. The smallest absolute Gasteiger partial charge is 0.0858 e. The average Bonchev–Trinajstić information content (AvgIpc) is 3.10. The molecule has 4 nitrogen and oxygen atoms in total. The Hall–Kier alpha value is -1.84. The van der Waals surface area contributed by atoms with Gasteiger partial charge in [0.2, 0.25) is 0 Å². The van der Waals surface area contributed by atoms with E-state index in [9.17, 15) is 0 Å². The van der Waals surface area contributed by atoms with Crippen LogP contribution in [0.25, 0.3) is 5.69 Å². The molecule has 1 saturated carbocycles. The van der Waals surface area contributed by atoms with Crippen LogP contribution in [0, 0.1) is 5.92 Å². The van der Waals surface area contributed by atoms with Crippen LogP contribution in [0.3, 0.4) is 0 Å². The summed E-state index contributed by atoms with van der Waals surface area (Å²) in [6, 6.07) is 8.26. The van der Waals surface area contributed by atoms with Gasteiger partial charge in [0, 0.05) is 12.2 Å². The largest absolute Gasteiger partial charge is 0.385 e. The number of hydrogen-bond acceptors (Lipinski definition) is 3. The molecule has 1 aliphatic rings. The molecular formula is C14H18N4. The van der Waals surface area contributed by atoms with Crippen molar-refractivity contribution in [1.29, 1.82) is 0 Å². The van der Waals surface area contributed by atoms with E-state index in [0.29, 0.717) is 0 Å². The molecular weight excluding hydrogens is 224 g/mol. The van der Waals surface area contributed by atoms with E-state index < -0.39 is 0 Å². The lowest BCUT2D eigenvalue weighted by Crippen LogP contribution is -2.10. The minimum absolute atomic E-state index is 0.859. The molecule has 3 rings (SSSR count). The zero-order chi connectivity index (χ0) is 12.2. The van der Waals surface area contributed by atoms with Crippen molar-refractivity contribution >= 4 is 5.69 Å². The summed E-state index contributed by atoms with van der Waals surface area (Å²) < 4.78 is 0. The molecule has 0 unspecified atom stereocenters. The molecule has 0 atom stereocenters. The quantitative estimate of drug-likeness (QED) is 0.896. The van der Waals surface area contributed by atoms with Crippen LogP contribution in [0.5, 0.6) is 0 Å². The minimum atomic E-state index is 0.859. The zero-order valence-electron chi connectivity index (χ0n) is 10.4. The minimum Gasteiger partial charge on any atom is -0.385 e. The Balaban J connectivity index is 1.60. The van der Waals surface area contributed by atoms with Gasteiger partial charge in [0.05, 0.1) is 18.1 Å². The second-order valence-electron chi connectivity index (χ2n) is 4.90. The molecule has 0 radical (unpaired) electrons. The molecule has 0 spiro atoms. The number of rotatable bonds is 4. The summed E-state index contributed by atoms with van der Waals surface area (Å²) in [4.78, 5) is 1.63. The summed E-state index contributed by atoms with van der Waals surface area (Å²) in [7, 11) is 0. The van der Waals surface area contributed by atoms with E-state index >= 15 is 0 Å². The van der Waals surface area contributed by atoms with E-state index in [1.807, 2.05) is 12.1 Å². The highest BCUT2D eigenvalue weighted by molar-refractivity contribution is 5.48. The SMILES string of the molecule is c1cnn(-c2ccc(NCC3CCCC3)cc2)n1. The van der Waals surface area contributed by atoms with Crippen LogP contribution in [-0.2, 0) is 0 Å². The number of benzene rings is 1. The number of anilines is 1. The predicted octanol–water partition coefficient (Wildman–Crippen LogP) is 2.87. The summed E-state index contributed by atoms with van der Waals surface area (Å²) in [6.07, 6.45) is 8.93. The first-order valence-corrected chi connectivity index (χ1v) is 6.62. The van der Waals surface area contributed by atoms with Gasteiger partial charge < -0.3 is 5.32 Å². The van der Waals surface area contributed by atoms with Gasteiger partial charge in [0.15, 0.2) is 0 Å². The van der Waals surface area contributed by atoms with E-state index in [2.05, 4.69) is 27.6 Å². The third kappa shape index (κ3) is 2.53. The van der Waals surface area contributed by atoms with Crippen molar-refractivity contribution < 1.29 is 0 Å². The van der Waals surface area contributed by atoms with Gasteiger partial charge in [-0.1, -0.05) is 12.8 Å². The van der Waals surface area contributed by atoms with Gasteiger partial charge in [-0.05, 0) is 43.0 Å². The average molecular weight is 242 g/mol. The first kappa shape index (κ1) is 11.3. The fourth-order valence-corrected chi connectivity index (χ4v) is 2.54. The van der Waals surface area contributed by atoms with Crippen LogP contribution in [0.15, 0.2) is 36.7 Å². The molecule has 0 saturated heterocycles. The van der Waals surface area contributed by atoms with Crippen LogP contribution in [-0.4, -0.2) is 21.5 Å². The van der Waals surface area contributed by atoms with E-state index in [0.717, 1.165) is 18.2 Å². The molecule has 0 bridgehead atoms. The third-order valence-corrected chi connectivity index (χ3v) is 3.59. The van der Waals surface area contributed by atoms with Crippen molar-refractivity contribution in [3.8, 4) is 5.69 Å². The molecule has 18 heavy (non-hydrogen) atoms. The lowest BCUT2D eigenvalue weighted by Gasteiger charge is -2.12. The summed E-state index contributed by atoms with van der Waals surface area (Å²) in [5.74, 6) is 0.859. The third-order valence-electron chi connectivity index (χ3n) is 3.59. The Morgan fingerprint density at radius 2 is 1.72 bits per heavy atom. The Bertz CT molecular complexity index is 469. The summed E-state index contributed by atoms with van der Waals surface area (Å²) in [5, 5.41) is 11.7. The fourth-order valence-electron chi connectivity index (χ4n) is 2.54. The van der Waals surface area contributed by atoms with Gasteiger partial charge in [0.1, 0.15) is 0 Å². The summed E-state index contributed by atoms with van der Waals surface area (Å²) in [5.41, 5.74) is 2.17. The second-order valence-corrected chi connectivity index (χ2v) is 4.90. The molecule has 1 aromatic carbocycles. The van der Waals surface area contributed by atoms with Gasteiger partial charge in [-0.2, -0.15) is 15.0 Å². The molecule has 1 N–H and O–H groups in total. The van der Waals surface area contributed by atoms with E-state index in [4.69, 9.17) is 0 Å². The van der Waals surface area contributed by atoms with Gasteiger partial charge in [-0.3, -0.25) is 0 Å². The first-order chi connectivity index (χ1) is 8.92. The number of aromatic nitrogens is 3. The highest BCUT2D eigenvalue weighted by atomic mass is 15.5. The molecule has 1 fully saturated rings. The van der Waals surface area contributed by atoms with Crippen LogP contribution in [0.4, 0.5) is 5.69 Å². The van der Waals surface area contributed by atoms with Crippen LogP contribution < -0.4 is 5.32 Å². The second kappa shape index (κ2) is 5.21. The molecule has 2 aromatic rings. The number of nitrogens with zero attached hydrogens (tertiary/aromatic N) is 3. The van der Waals surface area contributed by atoms with Crippen molar-refractivity contribution in [1.82, 2.24) is 15.0 Å². The lowest BCUT2D eigenvalue weighted by atomic mass is 10.1. The van der Waals surface area contributed by atoms with Crippen molar-refractivity contribution in [3.63, 3.8) is 0 Å². The van der Waals surface area contributed by atoms with E-state index in [1.165, 1.54) is 31.4 Å². The standard InChI is InChI=1S/C14H18N4/c1-2-4-12(3-1)11-15-13-5-7-14(8-6-13)18-16-9-10-17-18/h5-10,12,15H,1-4,11H2. The highest BCUT2D eigenvalue weighted by Gasteiger charge is 2.14. The molecule has 0 aliphatic heterocycles. The Morgan fingerprint density at radius 3 is 2.39 bits per heavy atom. The van der Waals surface area contributed by atoms with Gasteiger partial charge >= 0.3 is 0 Å². The van der Waals surface area contributed by atoms with Gasteiger partial charge in [-0.15, -0.1) is 0 Å². The van der Waals surface area contributed by atoms with Crippen molar-refractivity contribution in [2.75, 3.05) is 11.9 Å². The molecule has 1 heterocycles. The summed E-state index contributed by atoms with van der Waals surface area (Å²) >= 11 is 0. The van der Waals surface area contributed by atoms with Crippen LogP contribution in [0.2, 0.25) is 0 Å². The normalized spacial score (nSPS) is 16.0. The Labute approximate surface area is 107 Å². The molecule has 94 valence electrons. The molecule has 1 aliphatic carbocycles. The van der Waals surface area contributed by atoms with Crippen molar-refractivity contribution in [3.05, 3.63) is 36.7 Å². The van der Waals surface area contributed by atoms with E-state index in [-0.39, 0.29) is 0 Å². The fraction of sp³-hybridized carbons (Fsp3) is 0.429. The maximum absolute atomic E-state index is 4.11.